The van der Waals surface area contributed by atoms with Crippen molar-refractivity contribution >= 4 is 11.3 Å². The summed E-state index contributed by atoms with van der Waals surface area (Å²) < 4.78 is 2.40. The first-order valence-corrected chi connectivity index (χ1v) is 8.82. The van der Waals surface area contributed by atoms with Gasteiger partial charge in [-0.05, 0) is 35.3 Å². The molecular formula is C17H22N2S. The Hall–Kier alpha value is -1.09. The van der Waals surface area contributed by atoms with E-state index in [0.29, 0.717) is 6.04 Å². The van der Waals surface area contributed by atoms with Crippen molar-refractivity contribution < 1.29 is 0 Å². The molecule has 3 heterocycles. The number of nitrogens with zero attached hydrogens (tertiary/aromatic N) is 2. The Balaban J connectivity index is 1.57. The molecule has 2 aliphatic rings. The monoisotopic (exact) mass is 286 g/mol. The van der Waals surface area contributed by atoms with Crippen LogP contribution in [-0.2, 0) is 0 Å². The van der Waals surface area contributed by atoms with Gasteiger partial charge in [-0.2, -0.15) is 0 Å². The van der Waals surface area contributed by atoms with Crippen LogP contribution >= 0.6 is 11.3 Å². The van der Waals surface area contributed by atoms with E-state index < -0.39 is 0 Å². The molecule has 106 valence electrons. The van der Waals surface area contributed by atoms with Gasteiger partial charge >= 0.3 is 0 Å². The van der Waals surface area contributed by atoms with E-state index in [4.69, 9.17) is 0 Å². The molecule has 2 nitrogen and oxygen atoms in total. The maximum absolute atomic E-state index is 4.36. The van der Waals surface area contributed by atoms with Crippen LogP contribution in [0.4, 0.5) is 0 Å². The number of aromatic nitrogens is 2. The number of hydrogen-bond acceptors (Lipinski definition) is 2. The van der Waals surface area contributed by atoms with E-state index in [0.717, 1.165) is 11.8 Å². The van der Waals surface area contributed by atoms with Gasteiger partial charge in [-0.3, -0.25) is 0 Å². The molecule has 2 unspecified atom stereocenters. The fourth-order valence-corrected chi connectivity index (χ4v) is 5.13. The number of thiophene rings is 1. The van der Waals surface area contributed by atoms with E-state index in [-0.39, 0.29) is 0 Å². The lowest BCUT2D eigenvalue weighted by atomic mass is 9.78. The first kappa shape index (κ1) is 12.6. The smallest absolute Gasteiger partial charge is 0.0957 e. The summed E-state index contributed by atoms with van der Waals surface area (Å²) in [7, 11) is 0. The highest BCUT2D eigenvalue weighted by Gasteiger charge is 2.32. The van der Waals surface area contributed by atoms with E-state index in [2.05, 4.69) is 27.9 Å². The summed E-state index contributed by atoms with van der Waals surface area (Å²) >= 11 is 1.86. The first-order chi connectivity index (χ1) is 9.84. The standard InChI is InChI=1S/C17H22N2S/c1-12(13-5-3-2-4-6-13)9-15-14-7-8-20-17(14)16-10-18-11-19(15)16/h7-8,10-13,15H,2-6,9H2,1H3. The Morgan fingerprint density at radius 3 is 3.05 bits per heavy atom. The molecular weight excluding hydrogens is 264 g/mol. The minimum absolute atomic E-state index is 0.533. The zero-order chi connectivity index (χ0) is 13.5. The second kappa shape index (κ2) is 5.03. The first-order valence-electron chi connectivity index (χ1n) is 7.94. The van der Waals surface area contributed by atoms with Gasteiger partial charge in [0.25, 0.3) is 0 Å². The molecule has 0 aromatic carbocycles. The number of hydrogen-bond donors (Lipinski definition) is 0. The van der Waals surface area contributed by atoms with Crippen molar-refractivity contribution in [2.45, 2.75) is 51.5 Å². The van der Waals surface area contributed by atoms with E-state index in [1.807, 2.05) is 23.9 Å². The van der Waals surface area contributed by atoms with Gasteiger partial charge in [0.15, 0.2) is 0 Å². The van der Waals surface area contributed by atoms with Gasteiger partial charge in [0.2, 0.25) is 0 Å². The molecule has 0 amide bonds. The summed E-state index contributed by atoms with van der Waals surface area (Å²) in [5.41, 5.74) is 2.87. The highest BCUT2D eigenvalue weighted by molar-refractivity contribution is 7.13. The molecule has 0 spiro atoms. The van der Waals surface area contributed by atoms with Crippen LogP contribution in [0.1, 0.15) is 57.1 Å². The number of imidazole rings is 1. The van der Waals surface area contributed by atoms with Gasteiger partial charge in [-0.15, -0.1) is 11.3 Å². The van der Waals surface area contributed by atoms with E-state index in [1.54, 1.807) is 0 Å². The van der Waals surface area contributed by atoms with Crippen LogP contribution in [0.25, 0.3) is 10.6 Å². The Bertz CT molecular complexity index is 551. The molecule has 20 heavy (non-hydrogen) atoms. The lowest BCUT2D eigenvalue weighted by molar-refractivity contribution is 0.236. The average Bonchev–Trinajstić information content (AvgIpc) is 3.16. The van der Waals surface area contributed by atoms with Gasteiger partial charge in [-0.1, -0.05) is 39.0 Å². The van der Waals surface area contributed by atoms with Crippen LogP contribution in [0.5, 0.6) is 0 Å². The normalized spacial score (nSPS) is 23.6. The molecule has 0 radical (unpaired) electrons. The van der Waals surface area contributed by atoms with Crippen molar-refractivity contribution in [3.8, 4) is 10.6 Å². The Kier molecular flexibility index (Phi) is 3.18. The lowest BCUT2D eigenvalue weighted by Gasteiger charge is -2.30. The summed E-state index contributed by atoms with van der Waals surface area (Å²) in [4.78, 5) is 5.81. The van der Waals surface area contributed by atoms with Crippen LogP contribution in [0.3, 0.4) is 0 Å². The quantitative estimate of drug-likeness (QED) is 0.765. The minimum Gasteiger partial charge on any atom is -0.322 e. The van der Waals surface area contributed by atoms with Gasteiger partial charge in [0.05, 0.1) is 29.1 Å². The maximum atomic E-state index is 4.36. The van der Waals surface area contributed by atoms with Gasteiger partial charge in [-0.25, -0.2) is 4.98 Å². The van der Waals surface area contributed by atoms with Crippen molar-refractivity contribution in [1.82, 2.24) is 9.55 Å². The number of fused-ring (bicyclic) bond motifs is 3. The second-order valence-corrected chi connectivity index (χ2v) is 7.43. The second-order valence-electron chi connectivity index (χ2n) is 6.52. The predicted molar refractivity (Wildman–Crippen MR) is 84.0 cm³/mol. The zero-order valence-corrected chi connectivity index (χ0v) is 12.9. The fraction of sp³-hybridized carbons (Fsp3) is 0.588. The predicted octanol–water partition coefficient (Wildman–Crippen LogP) is 5.12. The van der Waals surface area contributed by atoms with Crippen molar-refractivity contribution in [2.24, 2.45) is 11.8 Å². The Morgan fingerprint density at radius 1 is 1.35 bits per heavy atom. The largest absolute Gasteiger partial charge is 0.322 e. The summed E-state index contributed by atoms with van der Waals surface area (Å²) in [6.45, 7) is 2.47. The van der Waals surface area contributed by atoms with Crippen molar-refractivity contribution in [3.05, 3.63) is 29.5 Å². The molecule has 1 saturated carbocycles. The highest BCUT2D eigenvalue weighted by Crippen LogP contribution is 2.46. The van der Waals surface area contributed by atoms with Crippen molar-refractivity contribution in [1.29, 1.82) is 0 Å². The molecule has 1 fully saturated rings. The molecule has 0 bridgehead atoms. The molecule has 2 aromatic rings. The average molecular weight is 286 g/mol. The molecule has 4 rings (SSSR count). The maximum Gasteiger partial charge on any atom is 0.0957 e. The van der Waals surface area contributed by atoms with Gasteiger partial charge < -0.3 is 4.57 Å². The number of rotatable bonds is 3. The third-order valence-electron chi connectivity index (χ3n) is 5.34. The zero-order valence-electron chi connectivity index (χ0n) is 12.1. The molecule has 0 saturated heterocycles. The topological polar surface area (TPSA) is 17.8 Å². The van der Waals surface area contributed by atoms with E-state index >= 15 is 0 Å². The van der Waals surface area contributed by atoms with Crippen LogP contribution in [0, 0.1) is 11.8 Å². The third kappa shape index (κ3) is 1.95. The molecule has 1 aliphatic heterocycles. The minimum atomic E-state index is 0.533. The Morgan fingerprint density at radius 2 is 2.20 bits per heavy atom. The highest BCUT2D eigenvalue weighted by atomic mass is 32.1. The van der Waals surface area contributed by atoms with Crippen LogP contribution in [-0.4, -0.2) is 9.55 Å². The lowest BCUT2D eigenvalue weighted by Crippen LogP contribution is -2.19. The molecule has 1 aliphatic carbocycles. The third-order valence-corrected chi connectivity index (χ3v) is 6.29. The SMILES string of the molecule is CC(CC1c2ccsc2-c2cncn21)C1CCCCC1. The fourth-order valence-electron chi connectivity index (χ4n) is 4.16. The molecule has 3 heteroatoms. The van der Waals surface area contributed by atoms with Crippen molar-refractivity contribution in [2.75, 3.05) is 0 Å². The van der Waals surface area contributed by atoms with E-state index in [9.17, 15) is 0 Å². The molecule has 2 atom stereocenters. The summed E-state index contributed by atoms with van der Waals surface area (Å²) in [5.74, 6) is 1.76. The van der Waals surface area contributed by atoms with Gasteiger partial charge in [0.1, 0.15) is 0 Å². The summed E-state index contributed by atoms with van der Waals surface area (Å²) in [5, 5.41) is 2.24. The Labute approximate surface area is 124 Å². The van der Waals surface area contributed by atoms with Crippen LogP contribution in [0.2, 0.25) is 0 Å². The van der Waals surface area contributed by atoms with Crippen molar-refractivity contribution in [3.63, 3.8) is 0 Å². The van der Waals surface area contributed by atoms with Crippen LogP contribution < -0.4 is 0 Å². The molecule has 0 N–H and O–H groups in total. The molecule has 2 aromatic heterocycles. The summed E-state index contributed by atoms with van der Waals surface area (Å²) in [6.07, 6.45) is 12.6. The summed E-state index contributed by atoms with van der Waals surface area (Å²) in [6, 6.07) is 2.86. The van der Waals surface area contributed by atoms with Crippen LogP contribution in [0.15, 0.2) is 24.0 Å². The van der Waals surface area contributed by atoms with Gasteiger partial charge in [0, 0.05) is 0 Å². The van der Waals surface area contributed by atoms with E-state index in [1.165, 1.54) is 54.7 Å².